The molecule has 0 radical (unpaired) electrons. The van der Waals surface area contributed by atoms with Crippen LogP contribution in [0.15, 0.2) is 6.07 Å². The molecule has 2 aliphatic rings. The average Bonchev–Trinajstić information content (AvgIpc) is 2.68. The molecule has 0 saturated carbocycles. The SMILES string of the molecule is COc1cc(B2OC(C)(C)C(C)(C)O2)c(C)c2c1OCCC2. The fraction of sp³-hybridized carbons (Fsp3) is 0.647. The summed E-state index contributed by atoms with van der Waals surface area (Å²) in [5.41, 5.74) is 2.76. The van der Waals surface area contributed by atoms with Gasteiger partial charge in [0.2, 0.25) is 0 Å². The van der Waals surface area contributed by atoms with Gasteiger partial charge in [-0.2, -0.15) is 0 Å². The summed E-state index contributed by atoms with van der Waals surface area (Å²) in [6.07, 6.45) is 2.04. The highest BCUT2D eigenvalue weighted by atomic mass is 16.7. The number of hydrogen-bond donors (Lipinski definition) is 0. The first-order valence-corrected chi connectivity index (χ1v) is 7.95. The molecule has 0 spiro atoms. The van der Waals surface area contributed by atoms with E-state index in [2.05, 4.69) is 34.6 Å². The minimum Gasteiger partial charge on any atom is -0.493 e. The molecule has 0 N–H and O–H groups in total. The highest BCUT2D eigenvalue weighted by molar-refractivity contribution is 6.62. The van der Waals surface area contributed by atoms with Gasteiger partial charge in [0, 0.05) is 5.56 Å². The maximum atomic E-state index is 6.20. The molecule has 0 aliphatic carbocycles. The van der Waals surface area contributed by atoms with Gasteiger partial charge in [-0.1, -0.05) is 0 Å². The Kier molecular flexibility index (Phi) is 3.69. The molecule has 0 bridgehead atoms. The molecule has 1 aromatic carbocycles. The van der Waals surface area contributed by atoms with E-state index in [0.29, 0.717) is 0 Å². The number of hydrogen-bond acceptors (Lipinski definition) is 4. The van der Waals surface area contributed by atoms with Gasteiger partial charge < -0.3 is 18.8 Å². The topological polar surface area (TPSA) is 36.9 Å². The zero-order valence-corrected chi connectivity index (χ0v) is 14.4. The predicted octanol–water partition coefficient (Wildman–Crippen LogP) is 2.63. The van der Waals surface area contributed by atoms with E-state index in [1.165, 1.54) is 11.1 Å². The van der Waals surface area contributed by atoms with Crippen LogP contribution < -0.4 is 14.9 Å². The first kappa shape index (κ1) is 15.7. The van der Waals surface area contributed by atoms with Gasteiger partial charge in [0.15, 0.2) is 11.5 Å². The summed E-state index contributed by atoms with van der Waals surface area (Å²) in [7, 11) is 1.31. The van der Waals surface area contributed by atoms with Gasteiger partial charge >= 0.3 is 7.12 Å². The van der Waals surface area contributed by atoms with Crippen LogP contribution in [0.5, 0.6) is 11.5 Å². The molecule has 5 heteroatoms. The van der Waals surface area contributed by atoms with E-state index < -0.39 is 0 Å². The summed E-state index contributed by atoms with van der Waals surface area (Å²) in [4.78, 5) is 0. The molecule has 0 aromatic heterocycles. The lowest BCUT2D eigenvalue weighted by Gasteiger charge is -2.32. The second-order valence-electron chi connectivity index (χ2n) is 7.14. The van der Waals surface area contributed by atoms with Crippen LogP contribution in [-0.2, 0) is 15.7 Å². The Morgan fingerprint density at radius 2 is 1.77 bits per heavy atom. The molecule has 0 amide bonds. The third kappa shape index (κ3) is 2.31. The van der Waals surface area contributed by atoms with Gasteiger partial charge in [-0.3, -0.25) is 0 Å². The fourth-order valence-electron chi connectivity index (χ4n) is 3.06. The minimum absolute atomic E-state index is 0.344. The second-order valence-corrected chi connectivity index (χ2v) is 7.14. The summed E-state index contributed by atoms with van der Waals surface area (Å²) in [5.74, 6) is 1.65. The van der Waals surface area contributed by atoms with Crippen LogP contribution in [0.1, 0.15) is 45.2 Å². The largest absolute Gasteiger partial charge is 0.495 e. The van der Waals surface area contributed by atoms with Crippen LogP contribution in [0.4, 0.5) is 0 Å². The van der Waals surface area contributed by atoms with Crippen molar-refractivity contribution in [3.8, 4) is 11.5 Å². The third-order valence-corrected chi connectivity index (χ3v) is 5.21. The van der Waals surface area contributed by atoms with Gasteiger partial charge in [0.1, 0.15) is 0 Å². The molecule has 2 aliphatic heterocycles. The first-order valence-electron chi connectivity index (χ1n) is 7.95. The van der Waals surface area contributed by atoms with Gasteiger partial charge in [-0.15, -0.1) is 0 Å². The van der Waals surface area contributed by atoms with Crippen LogP contribution >= 0.6 is 0 Å². The van der Waals surface area contributed by atoms with Gasteiger partial charge in [-0.05, 0) is 64.6 Å². The Morgan fingerprint density at radius 3 is 2.36 bits per heavy atom. The zero-order valence-electron chi connectivity index (χ0n) is 14.4. The maximum absolute atomic E-state index is 6.20. The van der Waals surface area contributed by atoms with Gasteiger partial charge in [0.05, 0.1) is 24.9 Å². The number of ether oxygens (including phenoxy) is 2. The van der Waals surface area contributed by atoms with Crippen molar-refractivity contribution in [1.82, 2.24) is 0 Å². The Hall–Kier alpha value is -1.20. The Balaban J connectivity index is 2.05. The van der Waals surface area contributed by atoms with Crippen molar-refractivity contribution < 1.29 is 18.8 Å². The first-order chi connectivity index (χ1) is 10.3. The zero-order chi connectivity index (χ0) is 16.1. The Morgan fingerprint density at radius 1 is 1.14 bits per heavy atom. The molecular formula is C17H25BO4. The molecule has 120 valence electrons. The molecular weight excluding hydrogens is 279 g/mol. The molecule has 0 atom stereocenters. The number of methoxy groups -OCH3 is 1. The van der Waals surface area contributed by atoms with E-state index in [-0.39, 0.29) is 18.3 Å². The van der Waals surface area contributed by atoms with E-state index >= 15 is 0 Å². The minimum atomic E-state index is -0.369. The molecule has 2 heterocycles. The number of benzene rings is 1. The van der Waals surface area contributed by atoms with Crippen LogP contribution in [0, 0.1) is 6.92 Å². The Labute approximate surface area is 133 Å². The van der Waals surface area contributed by atoms with E-state index in [1.807, 2.05) is 6.07 Å². The highest BCUT2D eigenvalue weighted by Gasteiger charge is 2.52. The summed E-state index contributed by atoms with van der Waals surface area (Å²) in [6.45, 7) is 11.1. The van der Waals surface area contributed by atoms with Crippen molar-refractivity contribution in [3.05, 3.63) is 17.2 Å². The summed E-state index contributed by atoms with van der Waals surface area (Å²) >= 11 is 0. The standard InChI is InChI=1S/C17H25BO4/c1-11-12-8-7-9-20-15(12)14(19-6)10-13(11)18-21-16(2,3)17(4,5)22-18/h10H,7-9H2,1-6H3. The summed E-state index contributed by atoms with van der Waals surface area (Å²) < 4.78 is 23.8. The molecule has 1 saturated heterocycles. The molecule has 4 nitrogen and oxygen atoms in total. The fourth-order valence-corrected chi connectivity index (χ4v) is 3.06. The van der Waals surface area contributed by atoms with Gasteiger partial charge in [0.25, 0.3) is 0 Å². The van der Waals surface area contributed by atoms with Crippen LogP contribution in [0.2, 0.25) is 0 Å². The van der Waals surface area contributed by atoms with Gasteiger partial charge in [-0.25, -0.2) is 0 Å². The lowest BCUT2D eigenvalue weighted by Crippen LogP contribution is -2.41. The lowest BCUT2D eigenvalue weighted by molar-refractivity contribution is 0.00578. The van der Waals surface area contributed by atoms with Crippen molar-refractivity contribution in [2.24, 2.45) is 0 Å². The van der Waals surface area contributed by atoms with Crippen LogP contribution in [0.25, 0.3) is 0 Å². The third-order valence-electron chi connectivity index (χ3n) is 5.21. The number of fused-ring (bicyclic) bond motifs is 1. The van der Waals surface area contributed by atoms with Crippen molar-refractivity contribution in [2.75, 3.05) is 13.7 Å². The van der Waals surface area contributed by atoms with E-state index in [9.17, 15) is 0 Å². The molecule has 22 heavy (non-hydrogen) atoms. The predicted molar refractivity (Wildman–Crippen MR) is 87.3 cm³/mol. The normalized spacial score (nSPS) is 22.2. The molecule has 1 fully saturated rings. The van der Waals surface area contributed by atoms with Crippen LogP contribution in [0.3, 0.4) is 0 Å². The second kappa shape index (κ2) is 5.17. The van der Waals surface area contributed by atoms with Crippen molar-refractivity contribution in [3.63, 3.8) is 0 Å². The smallest absolute Gasteiger partial charge is 0.493 e. The average molecular weight is 304 g/mol. The quantitative estimate of drug-likeness (QED) is 0.787. The van der Waals surface area contributed by atoms with Crippen molar-refractivity contribution in [2.45, 2.75) is 58.7 Å². The molecule has 0 unspecified atom stereocenters. The molecule has 3 rings (SSSR count). The van der Waals surface area contributed by atoms with E-state index in [0.717, 1.165) is 36.4 Å². The van der Waals surface area contributed by atoms with Crippen molar-refractivity contribution >= 4 is 12.6 Å². The number of rotatable bonds is 2. The summed E-state index contributed by atoms with van der Waals surface area (Å²) in [5, 5.41) is 0. The lowest BCUT2D eigenvalue weighted by atomic mass is 9.74. The monoisotopic (exact) mass is 304 g/mol. The van der Waals surface area contributed by atoms with E-state index in [4.69, 9.17) is 18.8 Å². The van der Waals surface area contributed by atoms with Crippen LogP contribution in [-0.4, -0.2) is 32.0 Å². The van der Waals surface area contributed by atoms with E-state index in [1.54, 1.807) is 7.11 Å². The van der Waals surface area contributed by atoms with Crippen molar-refractivity contribution in [1.29, 1.82) is 0 Å². The maximum Gasteiger partial charge on any atom is 0.495 e. The summed E-state index contributed by atoms with van der Waals surface area (Å²) in [6, 6.07) is 2.00. The highest BCUT2D eigenvalue weighted by Crippen LogP contribution is 2.40. The molecule has 1 aromatic rings. The Bertz CT molecular complexity index is 579.